The molecule has 3 saturated heterocycles. The average molecular weight is 373 g/mol. The van der Waals surface area contributed by atoms with Crippen molar-refractivity contribution in [2.24, 2.45) is 11.8 Å². The van der Waals surface area contributed by atoms with Gasteiger partial charge < -0.3 is 15.0 Å². The maximum atomic E-state index is 12.3. The summed E-state index contributed by atoms with van der Waals surface area (Å²) < 4.78 is 5.48. The summed E-state index contributed by atoms with van der Waals surface area (Å²) in [4.78, 5) is 27.8. The summed E-state index contributed by atoms with van der Waals surface area (Å²) in [6.45, 7) is 4.15. The van der Waals surface area contributed by atoms with E-state index in [9.17, 15) is 9.59 Å². The van der Waals surface area contributed by atoms with Gasteiger partial charge in [0.2, 0.25) is 5.91 Å². The van der Waals surface area contributed by atoms with Crippen molar-refractivity contribution in [3.05, 3.63) is 23.8 Å². The fourth-order valence-corrected chi connectivity index (χ4v) is 6.28. The molecule has 0 radical (unpaired) electrons. The maximum Gasteiger partial charge on any atom is 0.415 e. The first-order valence-electron chi connectivity index (χ1n) is 9.30. The largest absolute Gasteiger partial charge is 0.442 e. The molecule has 4 heterocycles. The van der Waals surface area contributed by atoms with E-state index in [0.717, 1.165) is 37.0 Å². The number of carbonyl (C=O) groups is 2. The first-order chi connectivity index (χ1) is 12.6. The topological polar surface area (TPSA) is 61.9 Å². The number of thioether (sulfide) groups is 1. The summed E-state index contributed by atoms with van der Waals surface area (Å²) >= 11 is 2.09. The standard InChI is InChI=1S/C19H23N3O3S/c1-11(23)20-6-18-17-5-12-4-15(2-3-16(12)22(17)19(24)25-18)21-7-13-9-26-10-14(13)8-21/h2-4,13-14,17-18H,5-10H2,1H3,(H,20,23)/t13?,14?,17-,18-/m0/s1. The van der Waals surface area contributed by atoms with Crippen LogP contribution >= 0.6 is 11.8 Å². The minimum atomic E-state index is -0.301. The number of carbonyl (C=O) groups excluding carboxylic acids is 2. The van der Waals surface area contributed by atoms with Crippen LogP contribution in [0.4, 0.5) is 16.2 Å². The number of cyclic esters (lactones) is 1. The van der Waals surface area contributed by atoms with Gasteiger partial charge in [0.05, 0.1) is 18.3 Å². The van der Waals surface area contributed by atoms with Crippen LogP contribution in [0.2, 0.25) is 0 Å². The molecule has 2 unspecified atom stereocenters. The van der Waals surface area contributed by atoms with Crippen LogP contribution in [0.3, 0.4) is 0 Å². The van der Waals surface area contributed by atoms with Gasteiger partial charge in [-0.05, 0) is 53.5 Å². The minimum absolute atomic E-state index is 0.0195. The van der Waals surface area contributed by atoms with Crippen LogP contribution in [0, 0.1) is 11.8 Å². The van der Waals surface area contributed by atoms with Crippen molar-refractivity contribution < 1.29 is 14.3 Å². The Morgan fingerprint density at radius 1 is 1.31 bits per heavy atom. The highest BCUT2D eigenvalue weighted by atomic mass is 32.2. The Balaban J connectivity index is 1.35. The summed E-state index contributed by atoms with van der Waals surface area (Å²) in [5.74, 6) is 4.13. The zero-order valence-corrected chi connectivity index (χ0v) is 15.6. The van der Waals surface area contributed by atoms with Crippen LogP contribution in [0.25, 0.3) is 0 Å². The molecule has 4 aliphatic rings. The lowest BCUT2D eigenvalue weighted by molar-refractivity contribution is -0.119. The quantitative estimate of drug-likeness (QED) is 0.877. The van der Waals surface area contributed by atoms with Crippen LogP contribution in [-0.4, -0.2) is 55.3 Å². The van der Waals surface area contributed by atoms with Gasteiger partial charge in [0.25, 0.3) is 0 Å². The Morgan fingerprint density at radius 3 is 2.81 bits per heavy atom. The van der Waals surface area contributed by atoms with Gasteiger partial charge in [-0.1, -0.05) is 0 Å². The van der Waals surface area contributed by atoms with E-state index in [-0.39, 0.29) is 24.1 Å². The Bertz CT molecular complexity index is 758. The predicted molar refractivity (Wildman–Crippen MR) is 102 cm³/mol. The van der Waals surface area contributed by atoms with Crippen LogP contribution in [-0.2, 0) is 16.0 Å². The zero-order chi connectivity index (χ0) is 17.8. The van der Waals surface area contributed by atoms with Crippen molar-refractivity contribution in [3.63, 3.8) is 0 Å². The number of nitrogens with one attached hydrogen (secondary N) is 1. The third kappa shape index (κ3) is 2.55. The van der Waals surface area contributed by atoms with Crippen LogP contribution < -0.4 is 15.1 Å². The number of anilines is 2. The van der Waals surface area contributed by atoms with Crippen molar-refractivity contribution in [1.29, 1.82) is 0 Å². The van der Waals surface area contributed by atoms with Gasteiger partial charge in [0, 0.05) is 25.7 Å². The van der Waals surface area contributed by atoms with Gasteiger partial charge in [-0.3, -0.25) is 9.69 Å². The van der Waals surface area contributed by atoms with Crippen molar-refractivity contribution in [3.8, 4) is 0 Å². The molecule has 1 aromatic rings. The molecule has 1 aromatic carbocycles. The molecule has 2 amide bonds. The second-order valence-electron chi connectivity index (χ2n) is 7.78. The van der Waals surface area contributed by atoms with Gasteiger partial charge in [0.15, 0.2) is 0 Å². The lowest BCUT2D eigenvalue weighted by Gasteiger charge is -2.21. The van der Waals surface area contributed by atoms with Crippen LogP contribution in [0.15, 0.2) is 18.2 Å². The van der Waals surface area contributed by atoms with E-state index in [0.29, 0.717) is 6.54 Å². The van der Waals surface area contributed by atoms with E-state index in [2.05, 4.69) is 40.2 Å². The molecular formula is C19H23N3O3S. The number of ether oxygens (including phenoxy) is 1. The van der Waals surface area contributed by atoms with Crippen molar-refractivity contribution >= 4 is 35.1 Å². The maximum absolute atomic E-state index is 12.3. The molecule has 0 aromatic heterocycles. The Morgan fingerprint density at radius 2 is 2.08 bits per heavy atom. The van der Waals surface area contributed by atoms with Gasteiger partial charge in [-0.25, -0.2) is 4.79 Å². The summed E-state index contributed by atoms with van der Waals surface area (Å²) in [6.07, 6.45) is 0.199. The Kier molecular flexibility index (Phi) is 3.81. The van der Waals surface area contributed by atoms with Gasteiger partial charge in [0.1, 0.15) is 6.10 Å². The number of nitrogens with zero attached hydrogens (tertiary/aromatic N) is 2. The zero-order valence-electron chi connectivity index (χ0n) is 14.8. The number of fused-ring (bicyclic) bond motifs is 4. The fraction of sp³-hybridized carbons (Fsp3) is 0.579. The molecule has 0 aliphatic carbocycles. The molecule has 0 saturated carbocycles. The first-order valence-corrected chi connectivity index (χ1v) is 10.5. The minimum Gasteiger partial charge on any atom is -0.442 e. The monoisotopic (exact) mass is 373 g/mol. The predicted octanol–water partition coefficient (Wildman–Crippen LogP) is 1.87. The van der Waals surface area contributed by atoms with E-state index in [4.69, 9.17) is 4.74 Å². The number of amides is 2. The molecule has 5 rings (SSSR count). The lowest BCUT2D eigenvalue weighted by Crippen LogP contribution is -2.40. The summed E-state index contributed by atoms with van der Waals surface area (Å²) in [5, 5.41) is 2.77. The van der Waals surface area contributed by atoms with E-state index in [1.54, 1.807) is 4.90 Å². The second kappa shape index (κ2) is 6.08. The molecule has 4 atom stereocenters. The van der Waals surface area contributed by atoms with Crippen molar-refractivity contribution in [2.45, 2.75) is 25.5 Å². The highest BCUT2D eigenvalue weighted by Crippen LogP contribution is 2.42. The molecule has 3 fully saturated rings. The van der Waals surface area contributed by atoms with E-state index in [1.165, 1.54) is 29.7 Å². The van der Waals surface area contributed by atoms with Gasteiger partial charge in [-0.15, -0.1) is 0 Å². The molecule has 138 valence electrons. The van der Waals surface area contributed by atoms with Crippen LogP contribution in [0.5, 0.6) is 0 Å². The fourth-order valence-electron chi connectivity index (χ4n) is 4.78. The van der Waals surface area contributed by atoms with Crippen molar-refractivity contribution in [1.82, 2.24) is 5.32 Å². The Hall–Kier alpha value is -1.89. The van der Waals surface area contributed by atoms with Crippen molar-refractivity contribution in [2.75, 3.05) is 40.9 Å². The SMILES string of the molecule is CC(=O)NC[C@@H]1OC(=O)N2c3ccc(N4CC5CSCC5C4)cc3C[C@@H]12. The van der Waals surface area contributed by atoms with E-state index < -0.39 is 0 Å². The van der Waals surface area contributed by atoms with Gasteiger partial charge >= 0.3 is 6.09 Å². The molecule has 0 spiro atoms. The third-order valence-electron chi connectivity index (χ3n) is 6.12. The number of hydrogen-bond acceptors (Lipinski definition) is 5. The smallest absolute Gasteiger partial charge is 0.415 e. The lowest BCUT2D eigenvalue weighted by atomic mass is 10.0. The number of benzene rings is 1. The normalized spacial score (nSPS) is 31.7. The second-order valence-corrected chi connectivity index (χ2v) is 8.85. The molecular weight excluding hydrogens is 350 g/mol. The summed E-state index contributed by atoms with van der Waals surface area (Å²) in [6, 6.07) is 6.44. The number of rotatable bonds is 3. The first kappa shape index (κ1) is 16.3. The molecule has 1 N–H and O–H groups in total. The Labute approximate surface area is 157 Å². The molecule has 4 aliphatic heterocycles. The van der Waals surface area contributed by atoms with E-state index in [1.807, 2.05) is 0 Å². The van der Waals surface area contributed by atoms with E-state index >= 15 is 0 Å². The molecule has 6 nitrogen and oxygen atoms in total. The highest BCUT2D eigenvalue weighted by Gasteiger charge is 2.47. The number of hydrogen-bond donors (Lipinski definition) is 1. The molecule has 0 bridgehead atoms. The average Bonchev–Trinajstić information content (AvgIpc) is 3.32. The third-order valence-corrected chi connectivity index (χ3v) is 7.45. The molecule has 26 heavy (non-hydrogen) atoms. The highest BCUT2D eigenvalue weighted by molar-refractivity contribution is 7.99. The van der Waals surface area contributed by atoms with Gasteiger partial charge in [-0.2, -0.15) is 11.8 Å². The molecule has 7 heteroatoms. The summed E-state index contributed by atoms with van der Waals surface area (Å²) in [5.41, 5.74) is 3.45. The summed E-state index contributed by atoms with van der Waals surface area (Å²) in [7, 11) is 0. The van der Waals surface area contributed by atoms with Crippen LogP contribution in [0.1, 0.15) is 12.5 Å².